The Kier molecular flexibility index (Phi) is 7.38. The summed E-state index contributed by atoms with van der Waals surface area (Å²) in [4.78, 5) is 22.0. The third-order valence-electron chi connectivity index (χ3n) is 3.79. The fourth-order valence-corrected chi connectivity index (χ4v) is 2.42. The number of carboxylic acid groups (broad SMARTS) is 2. The van der Waals surface area contributed by atoms with Crippen molar-refractivity contribution in [1.82, 2.24) is 4.90 Å². The standard InChI is InChI=1S/C14H19NO3.C2HF3O2/c1-10-5-6-13(16)9-15(10)8-11-3-2-4-12(7-11)14(17)18;3-2(4,5)1(6)7/h2-4,7,10,13,16H,5-6,8-9H2,1H3,(H,17,18);(H,6,7)/t10-,13-;/m1./s1. The molecule has 3 N–H and O–H groups in total. The molecule has 0 radical (unpaired) electrons. The highest BCUT2D eigenvalue weighted by atomic mass is 19.4. The van der Waals surface area contributed by atoms with Gasteiger partial charge in [-0.1, -0.05) is 12.1 Å². The van der Waals surface area contributed by atoms with E-state index in [0.717, 1.165) is 18.4 Å². The van der Waals surface area contributed by atoms with Crippen molar-refractivity contribution in [2.45, 2.75) is 44.6 Å². The number of aliphatic hydroxyl groups is 1. The SMILES string of the molecule is C[C@@H]1CC[C@@H](O)CN1Cc1cccc(C(=O)O)c1.O=C(O)C(F)(F)F. The number of aliphatic carboxylic acids is 1. The molecule has 6 nitrogen and oxygen atoms in total. The summed E-state index contributed by atoms with van der Waals surface area (Å²) in [5.74, 6) is -3.66. The third-order valence-corrected chi connectivity index (χ3v) is 3.79. The van der Waals surface area contributed by atoms with Crippen LogP contribution in [0, 0.1) is 0 Å². The minimum Gasteiger partial charge on any atom is -0.478 e. The lowest BCUT2D eigenvalue weighted by Gasteiger charge is -2.36. The molecule has 1 aromatic rings. The molecule has 140 valence electrons. The molecule has 25 heavy (non-hydrogen) atoms. The number of likely N-dealkylation sites (tertiary alicyclic amines) is 1. The van der Waals surface area contributed by atoms with E-state index in [4.69, 9.17) is 15.0 Å². The van der Waals surface area contributed by atoms with Crippen molar-refractivity contribution in [2.24, 2.45) is 0 Å². The van der Waals surface area contributed by atoms with E-state index >= 15 is 0 Å². The average Bonchev–Trinajstić information content (AvgIpc) is 2.51. The zero-order valence-electron chi connectivity index (χ0n) is 13.5. The Bertz CT molecular complexity index is 606. The van der Waals surface area contributed by atoms with Crippen molar-refractivity contribution in [3.05, 3.63) is 35.4 Å². The first-order chi connectivity index (χ1) is 11.5. The Morgan fingerprint density at radius 3 is 2.36 bits per heavy atom. The number of β-amino-alcohol motifs (C(OH)–C–C–N with tert-alkyl or cyclic N) is 1. The molecule has 0 saturated carbocycles. The number of hydrogen-bond acceptors (Lipinski definition) is 4. The number of halogens is 3. The van der Waals surface area contributed by atoms with Gasteiger partial charge in [0.05, 0.1) is 11.7 Å². The summed E-state index contributed by atoms with van der Waals surface area (Å²) in [6, 6.07) is 7.43. The number of carboxylic acids is 2. The van der Waals surface area contributed by atoms with E-state index in [1.54, 1.807) is 18.2 Å². The summed E-state index contributed by atoms with van der Waals surface area (Å²) >= 11 is 0. The van der Waals surface area contributed by atoms with Crippen LogP contribution in [0.3, 0.4) is 0 Å². The summed E-state index contributed by atoms with van der Waals surface area (Å²) in [6.07, 6.45) is -3.50. The zero-order valence-corrected chi connectivity index (χ0v) is 13.5. The molecule has 1 heterocycles. The van der Waals surface area contributed by atoms with Gasteiger partial charge in [0, 0.05) is 19.1 Å². The van der Waals surface area contributed by atoms with Crippen LogP contribution in [0.4, 0.5) is 13.2 Å². The van der Waals surface area contributed by atoms with Gasteiger partial charge in [-0.25, -0.2) is 9.59 Å². The zero-order chi connectivity index (χ0) is 19.2. The summed E-state index contributed by atoms with van der Waals surface area (Å²) in [5.41, 5.74) is 1.30. The van der Waals surface area contributed by atoms with E-state index < -0.39 is 18.1 Å². The van der Waals surface area contributed by atoms with Gasteiger partial charge in [0.25, 0.3) is 0 Å². The quantitative estimate of drug-likeness (QED) is 0.763. The molecule has 1 fully saturated rings. The first kappa shape index (κ1) is 20.9. The highest BCUT2D eigenvalue weighted by Gasteiger charge is 2.38. The van der Waals surface area contributed by atoms with Gasteiger partial charge in [-0.3, -0.25) is 4.90 Å². The predicted octanol–water partition coefficient (Wildman–Crippen LogP) is 2.36. The highest BCUT2D eigenvalue weighted by Crippen LogP contribution is 2.20. The maximum Gasteiger partial charge on any atom is 0.490 e. The second-order valence-corrected chi connectivity index (χ2v) is 5.82. The predicted molar refractivity (Wildman–Crippen MR) is 82.2 cm³/mol. The Balaban J connectivity index is 0.000000381. The summed E-state index contributed by atoms with van der Waals surface area (Å²) in [6.45, 7) is 3.50. The van der Waals surface area contributed by atoms with Crippen LogP contribution < -0.4 is 0 Å². The van der Waals surface area contributed by atoms with Crippen molar-refractivity contribution in [3.8, 4) is 0 Å². The van der Waals surface area contributed by atoms with E-state index in [-0.39, 0.29) is 6.10 Å². The number of benzene rings is 1. The lowest BCUT2D eigenvalue weighted by Crippen LogP contribution is -2.43. The Labute approximate surface area is 142 Å². The second kappa shape index (κ2) is 8.82. The molecule has 1 aliphatic heterocycles. The van der Waals surface area contributed by atoms with Gasteiger partial charge in [-0.2, -0.15) is 13.2 Å². The van der Waals surface area contributed by atoms with Crippen LogP contribution in [-0.2, 0) is 11.3 Å². The molecule has 1 aliphatic rings. The van der Waals surface area contributed by atoms with Crippen molar-refractivity contribution in [2.75, 3.05) is 6.54 Å². The van der Waals surface area contributed by atoms with Crippen molar-refractivity contribution < 1.29 is 38.1 Å². The van der Waals surface area contributed by atoms with Crippen LogP contribution in [0.15, 0.2) is 24.3 Å². The molecule has 2 rings (SSSR count). The lowest BCUT2D eigenvalue weighted by atomic mass is 10.0. The van der Waals surface area contributed by atoms with Gasteiger partial charge >= 0.3 is 18.1 Å². The number of aromatic carboxylic acids is 1. The average molecular weight is 363 g/mol. The maximum absolute atomic E-state index is 10.9. The van der Waals surface area contributed by atoms with Crippen LogP contribution in [0.2, 0.25) is 0 Å². The van der Waals surface area contributed by atoms with E-state index in [0.29, 0.717) is 24.7 Å². The number of alkyl halides is 3. The third kappa shape index (κ3) is 7.10. The monoisotopic (exact) mass is 363 g/mol. The number of aliphatic hydroxyl groups excluding tert-OH is 1. The number of hydrogen-bond donors (Lipinski definition) is 3. The van der Waals surface area contributed by atoms with Crippen LogP contribution >= 0.6 is 0 Å². The maximum atomic E-state index is 10.9. The summed E-state index contributed by atoms with van der Waals surface area (Å²) < 4.78 is 31.7. The Morgan fingerprint density at radius 2 is 1.84 bits per heavy atom. The van der Waals surface area contributed by atoms with Gasteiger partial charge in [0.15, 0.2) is 0 Å². The normalized spacial score (nSPS) is 21.2. The lowest BCUT2D eigenvalue weighted by molar-refractivity contribution is -0.192. The Hall–Kier alpha value is -2.13. The minimum atomic E-state index is -5.08. The first-order valence-electron chi connectivity index (χ1n) is 7.55. The number of piperidine rings is 1. The number of rotatable bonds is 3. The number of nitrogens with zero attached hydrogens (tertiary/aromatic N) is 1. The molecule has 1 saturated heterocycles. The van der Waals surface area contributed by atoms with Gasteiger partial charge in [-0.05, 0) is 37.5 Å². The molecular formula is C16H20F3NO5. The van der Waals surface area contributed by atoms with Crippen LogP contribution in [-0.4, -0.2) is 57.0 Å². The van der Waals surface area contributed by atoms with Crippen LogP contribution in [0.1, 0.15) is 35.7 Å². The van der Waals surface area contributed by atoms with Gasteiger partial charge in [0.1, 0.15) is 0 Å². The molecule has 0 spiro atoms. The van der Waals surface area contributed by atoms with Gasteiger partial charge in [0.2, 0.25) is 0 Å². The molecule has 0 aliphatic carbocycles. The smallest absolute Gasteiger partial charge is 0.478 e. The van der Waals surface area contributed by atoms with Crippen molar-refractivity contribution in [1.29, 1.82) is 0 Å². The molecule has 0 bridgehead atoms. The molecule has 2 atom stereocenters. The highest BCUT2D eigenvalue weighted by molar-refractivity contribution is 5.87. The minimum absolute atomic E-state index is 0.260. The van der Waals surface area contributed by atoms with E-state index in [9.17, 15) is 23.1 Å². The van der Waals surface area contributed by atoms with Crippen LogP contribution in [0.25, 0.3) is 0 Å². The van der Waals surface area contributed by atoms with Crippen molar-refractivity contribution >= 4 is 11.9 Å². The van der Waals surface area contributed by atoms with Gasteiger partial charge in [-0.15, -0.1) is 0 Å². The second-order valence-electron chi connectivity index (χ2n) is 5.82. The number of carbonyl (C=O) groups is 2. The molecule has 9 heteroatoms. The first-order valence-corrected chi connectivity index (χ1v) is 7.55. The van der Waals surface area contributed by atoms with E-state index in [1.807, 2.05) is 6.07 Å². The molecule has 1 aromatic carbocycles. The topological polar surface area (TPSA) is 98.1 Å². The summed E-state index contributed by atoms with van der Waals surface area (Å²) in [5, 5.41) is 25.8. The fourth-order valence-electron chi connectivity index (χ4n) is 2.42. The molecule has 0 unspecified atom stereocenters. The van der Waals surface area contributed by atoms with E-state index in [2.05, 4.69) is 11.8 Å². The van der Waals surface area contributed by atoms with Crippen molar-refractivity contribution in [3.63, 3.8) is 0 Å². The molecule has 0 aromatic heterocycles. The largest absolute Gasteiger partial charge is 0.490 e. The molecular weight excluding hydrogens is 343 g/mol. The van der Waals surface area contributed by atoms with E-state index in [1.165, 1.54) is 0 Å². The Morgan fingerprint density at radius 1 is 1.24 bits per heavy atom. The van der Waals surface area contributed by atoms with Gasteiger partial charge < -0.3 is 15.3 Å². The molecule has 0 amide bonds. The fraction of sp³-hybridized carbons (Fsp3) is 0.500. The summed E-state index contributed by atoms with van der Waals surface area (Å²) in [7, 11) is 0. The van der Waals surface area contributed by atoms with Crippen LogP contribution in [0.5, 0.6) is 0 Å².